The minimum atomic E-state index is -0.489. The minimum Gasteiger partial charge on any atom is -0.460 e. The molecule has 0 saturated carbocycles. The highest BCUT2D eigenvalue weighted by molar-refractivity contribution is 5.86. The number of aliphatic hydroxyl groups is 1. The van der Waals surface area contributed by atoms with Gasteiger partial charge in [0.1, 0.15) is 6.61 Å². The van der Waals surface area contributed by atoms with Crippen LogP contribution in [0, 0.1) is 0 Å². The summed E-state index contributed by atoms with van der Waals surface area (Å²) in [6, 6.07) is 0. The van der Waals surface area contributed by atoms with E-state index in [4.69, 9.17) is 14.6 Å². The van der Waals surface area contributed by atoms with Gasteiger partial charge in [-0.25, -0.2) is 4.79 Å². The lowest BCUT2D eigenvalue weighted by Gasteiger charge is -2.06. The average Bonchev–Trinajstić information content (AvgIpc) is 2.02. The molecule has 1 unspecified atom stereocenters. The van der Waals surface area contributed by atoms with E-state index in [0.717, 1.165) is 0 Å². The van der Waals surface area contributed by atoms with E-state index in [1.54, 1.807) is 13.8 Å². The van der Waals surface area contributed by atoms with Crippen molar-refractivity contribution >= 4 is 5.97 Å². The van der Waals surface area contributed by atoms with Crippen LogP contribution in [0.1, 0.15) is 13.8 Å². The van der Waals surface area contributed by atoms with Crippen molar-refractivity contribution in [3.63, 3.8) is 0 Å². The number of rotatable bonds is 6. The molecule has 76 valence electrons. The zero-order chi connectivity index (χ0) is 10.3. The second-order valence-electron chi connectivity index (χ2n) is 2.84. The van der Waals surface area contributed by atoms with Gasteiger partial charge < -0.3 is 14.6 Å². The molecule has 1 atom stereocenters. The third kappa shape index (κ3) is 7.49. The number of carbonyl (C=O) groups excluding carboxylic acids is 1. The Morgan fingerprint density at radius 1 is 1.54 bits per heavy atom. The SMILES string of the molecule is C=C(C)C(=O)OCCOCC(C)O. The van der Waals surface area contributed by atoms with Crippen molar-refractivity contribution in [1.29, 1.82) is 0 Å². The second kappa shape index (κ2) is 6.62. The van der Waals surface area contributed by atoms with Crippen molar-refractivity contribution in [1.82, 2.24) is 0 Å². The topological polar surface area (TPSA) is 55.8 Å². The maximum absolute atomic E-state index is 10.8. The number of carbonyl (C=O) groups is 1. The summed E-state index contributed by atoms with van der Waals surface area (Å²) in [6.45, 7) is 7.38. The second-order valence-corrected chi connectivity index (χ2v) is 2.84. The molecule has 0 spiro atoms. The molecule has 0 saturated heterocycles. The summed E-state index contributed by atoms with van der Waals surface area (Å²) in [5, 5.41) is 8.80. The van der Waals surface area contributed by atoms with Gasteiger partial charge in [-0.15, -0.1) is 0 Å². The molecule has 0 aliphatic heterocycles. The third-order valence-electron chi connectivity index (χ3n) is 1.17. The van der Waals surface area contributed by atoms with Gasteiger partial charge in [-0.3, -0.25) is 0 Å². The van der Waals surface area contributed by atoms with Crippen molar-refractivity contribution in [2.75, 3.05) is 19.8 Å². The van der Waals surface area contributed by atoms with E-state index in [9.17, 15) is 4.79 Å². The molecule has 0 fully saturated rings. The smallest absolute Gasteiger partial charge is 0.333 e. The van der Waals surface area contributed by atoms with Crippen LogP contribution in [0.5, 0.6) is 0 Å². The quantitative estimate of drug-likeness (QED) is 0.375. The van der Waals surface area contributed by atoms with E-state index in [-0.39, 0.29) is 13.2 Å². The van der Waals surface area contributed by atoms with Crippen molar-refractivity contribution in [3.05, 3.63) is 12.2 Å². The Hall–Kier alpha value is -0.870. The first kappa shape index (κ1) is 12.1. The maximum Gasteiger partial charge on any atom is 0.333 e. The number of hydrogen-bond acceptors (Lipinski definition) is 4. The van der Waals surface area contributed by atoms with Gasteiger partial charge in [0.15, 0.2) is 0 Å². The predicted octanol–water partition coefficient (Wildman–Crippen LogP) is 0.503. The average molecular weight is 188 g/mol. The lowest BCUT2D eigenvalue weighted by molar-refractivity contribution is -0.140. The maximum atomic E-state index is 10.8. The van der Waals surface area contributed by atoms with Crippen LogP contribution in [0.3, 0.4) is 0 Å². The molecule has 4 heteroatoms. The number of esters is 1. The number of ether oxygens (including phenoxy) is 2. The van der Waals surface area contributed by atoms with Gasteiger partial charge in [0, 0.05) is 5.57 Å². The fourth-order valence-corrected chi connectivity index (χ4v) is 0.570. The first-order valence-corrected chi connectivity index (χ1v) is 4.12. The molecule has 0 aliphatic rings. The molecule has 0 bridgehead atoms. The first-order chi connectivity index (χ1) is 6.04. The Balaban J connectivity index is 3.26. The fraction of sp³-hybridized carbons (Fsp3) is 0.667. The van der Waals surface area contributed by atoms with E-state index in [1.165, 1.54) is 0 Å². The normalized spacial score (nSPS) is 12.2. The summed E-state index contributed by atoms with van der Waals surface area (Å²) in [5.74, 6) is -0.416. The summed E-state index contributed by atoms with van der Waals surface area (Å²) in [6.07, 6.45) is -0.489. The lowest BCUT2D eigenvalue weighted by atomic mass is 10.4. The lowest BCUT2D eigenvalue weighted by Crippen LogP contribution is -2.15. The monoisotopic (exact) mass is 188 g/mol. The minimum absolute atomic E-state index is 0.193. The first-order valence-electron chi connectivity index (χ1n) is 4.12. The largest absolute Gasteiger partial charge is 0.460 e. The summed E-state index contributed by atoms with van der Waals surface area (Å²) in [7, 11) is 0. The Bertz CT molecular complexity index is 174. The third-order valence-corrected chi connectivity index (χ3v) is 1.17. The van der Waals surface area contributed by atoms with E-state index in [1.807, 2.05) is 0 Å². The number of hydrogen-bond donors (Lipinski definition) is 1. The molecular formula is C9H16O4. The van der Waals surface area contributed by atoms with E-state index < -0.39 is 12.1 Å². The van der Waals surface area contributed by atoms with E-state index >= 15 is 0 Å². The van der Waals surface area contributed by atoms with E-state index in [2.05, 4.69) is 6.58 Å². The molecule has 0 heterocycles. The van der Waals surface area contributed by atoms with Crippen molar-refractivity contribution < 1.29 is 19.4 Å². The van der Waals surface area contributed by atoms with Gasteiger partial charge in [-0.2, -0.15) is 0 Å². The highest BCUT2D eigenvalue weighted by atomic mass is 16.6. The van der Waals surface area contributed by atoms with Crippen molar-refractivity contribution in [3.8, 4) is 0 Å². The van der Waals surface area contributed by atoms with E-state index in [0.29, 0.717) is 12.2 Å². The van der Waals surface area contributed by atoms with Gasteiger partial charge in [-0.1, -0.05) is 6.58 Å². The van der Waals surface area contributed by atoms with Crippen LogP contribution >= 0.6 is 0 Å². The van der Waals surface area contributed by atoms with Crippen LogP contribution in [-0.4, -0.2) is 37.0 Å². The van der Waals surface area contributed by atoms with Crippen LogP contribution in [0.25, 0.3) is 0 Å². The zero-order valence-electron chi connectivity index (χ0n) is 8.08. The number of aliphatic hydroxyl groups excluding tert-OH is 1. The Morgan fingerprint density at radius 2 is 2.15 bits per heavy atom. The molecule has 0 aromatic rings. The zero-order valence-corrected chi connectivity index (χ0v) is 8.08. The Morgan fingerprint density at radius 3 is 2.62 bits per heavy atom. The van der Waals surface area contributed by atoms with Gasteiger partial charge in [0.25, 0.3) is 0 Å². The summed E-state index contributed by atoms with van der Waals surface area (Å²) in [5.41, 5.74) is 0.371. The Kier molecular flexibility index (Phi) is 6.18. The molecule has 0 radical (unpaired) electrons. The molecule has 0 aromatic heterocycles. The summed E-state index contributed by atoms with van der Waals surface area (Å²) >= 11 is 0. The van der Waals surface area contributed by atoms with Crippen molar-refractivity contribution in [2.45, 2.75) is 20.0 Å². The molecular weight excluding hydrogens is 172 g/mol. The van der Waals surface area contributed by atoms with Crippen LogP contribution in [-0.2, 0) is 14.3 Å². The molecule has 4 nitrogen and oxygen atoms in total. The molecule has 0 rings (SSSR count). The van der Waals surface area contributed by atoms with Crippen molar-refractivity contribution in [2.24, 2.45) is 0 Å². The summed E-state index contributed by atoms with van der Waals surface area (Å²) < 4.78 is 9.71. The van der Waals surface area contributed by atoms with Gasteiger partial charge in [0.2, 0.25) is 0 Å². The van der Waals surface area contributed by atoms with Gasteiger partial charge in [0.05, 0.1) is 19.3 Å². The van der Waals surface area contributed by atoms with Crippen LogP contribution < -0.4 is 0 Å². The van der Waals surface area contributed by atoms with Crippen LogP contribution in [0.15, 0.2) is 12.2 Å². The van der Waals surface area contributed by atoms with Gasteiger partial charge >= 0.3 is 5.97 Å². The predicted molar refractivity (Wildman–Crippen MR) is 48.3 cm³/mol. The molecule has 0 aliphatic carbocycles. The van der Waals surface area contributed by atoms with Crippen LogP contribution in [0.2, 0.25) is 0 Å². The summed E-state index contributed by atoms with van der Waals surface area (Å²) in [4.78, 5) is 10.8. The fourth-order valence-electron chi connectivity index (χ4n) is 0.570. The molecule has 0 aromatic carbocycles. The standard InChI is InChI=1S/C9H16O4/c1-7(2)9(11)13-5-4-12-6-8(3)10/h8,10H,1,4-6H2,2-3H3. The van der Waals surface area contributed by atoms with Crippen LogP contribution in [0.4, 0.5) is 0 Å². The molecule has 1 N–H and O–H groups in total. The van der Waals surface area contributed by atoms with Gasteiger partial charge in [-0.05, 0) is 13.8 Å². The molecule has 13 heavy (non-hydrogen) atoms. The highest BCUT2D eigenvalue weighted by Gasteiger charge is 2.02. The Labute approximate surface area is 78.2 Å². The molecule has 0 amide bonds. The highest BCUT2D eigenvalue weighted by Crippen LogP contribution is 1.91.